The summed E-state index contributed by atoms with van der Waals surface area (Å²) in [4.78, 5) is 11.6. The van der Waals surface area contributed by atoms with Crippen LogP contribution in [-0.2, 0) is 6.42 Å². The Labute approximate surface area is 166 Å². The van der Waals surface area contributed by atoms with Gasteiger partial charge in [0.1, 0.15) is 5.82 Å². The SMILES string of the molecule is Cc1nc(C)c(-c2cccc(Cc3nc(C)c(-c4ccc(F)cc4)s3)c2)s1. The lowest BCUT2D eigenvalue weighted by atomic mass is 10.1. The molecule has 0 unspecified atom stereocenters. The number of benzene rings is 2. The zero-order valence-electron chi connectivity index (χ0n) is 15.4. The predicted octanol–water partition coefficient (Wildman–Crippen LogP) is 6.59. The molecule has 2 heterocycles. The fourth-order valence-corrected chi connectivity index (χ4v) is 5.21. The number of halogens is 1. The van der Waals surface area contributed by atoms with Crippen LogP contribution in [0.15, 0.2) is 48.5 Å². The largest absolute Gasteiger partial charge is 0.246 e. The molecule has 0 spiro atoms. The third-order valence-electron chi connectivity index (χ3n) is 4.40. The van der Waals surface area contributed by atoms with Crippen LogP contribution in [0.1, 0.15) is 27.0 Å². The summed E-state index contributed by atoms with van der Waals surface area (Å²) in [5, 5.41) is 2.16. The molecule has 27 heavy (non-hydrogen) atoms. The smallest absolute Gasteiger partial charge is 0.123 e. The van der Waals surface area contributed by atoms with Gasteiger partial charge in [0, 0.05) is 6.42 Å². The number of rotatable bonds is 4. The van der Waals surface area contributed by atoms with Gasteiger partial charge in [-0.05, 0) is 55.7 Å². The van der Waals surface area contributed by atoms with Crippen molar-refractivity contribution in [2.24, 2.45) is 0 Å². The van der Waals surface area contributed by atoms with Gasteiger partial charge in [0.05, 0.1) is 31.2 Å². The van der Waals surface area contributed by atoms with Gasteiger partial charge in [-0.1, -0.05) is 30.3 Å². The molecule has 2 aromatic carbocycles. The van der Waals surface area contributed by atoms with Crippen molar-refractivity contribution in [2.75, 3.05) is 0 Å². The first-order chi connectivity index (χ1) is 13.0. The van der Waals surface area contributed by atoms with Gasteiger partial charge in [0.25, 0.3) is 0 Å². The molecule has 0 aliphatic heterocycles. The first-order valence-electron chi connectivity index (χ1n) is 8.75. The second-order valence-corrected chi connectivity index (χ2v) is 8.84. The molecule has 0 atom stereocenters. The van der Waals surface area contributed by atoms with E-state index in [-0.39, 0.29) is 5.82 Å². The van der Waals surface area contributed by atoms with Crippen molar-refractivity contribution in [3.8, 4) is 20.9 Å². The quantitative estimate of drug-likeness (QED) is 0.390. The van der Waals surface area contributed by atoms with Crippen LogP contribution in [0, 0.1) is 26.6 Å². The Morgan fingerprint density at radius 2 is 1.52 bits per heavy atom. The summed E-state index contributed by atoms with van der Waals surface area (Å²) in [5.74, 6) is -0.216. The third kappa shape index (κ3) is 3.84. The highest BCUT2D eigenvalue weighted by molar-refractivity contribution is 7.15. The van der Waals surface area contributed by atoms with Crippen LogP contribution in [-0.4, -0.2) is 9.97 Å². The number of aromatic nitrogens is 2. The van der Waals surface area contributed by atoms with Crippen molar-refractivity contribution in [3.05, 3.63) is 81.3 Å². The molecule has 0 bridgehead atoms. The van der Waals surface area contributed by atoms with Crippen LogP contribution in [0.4, 0.5) is 4.39 Å². The molecule has 4 rings (SSSR count). The Bertz CT molecular complexity index is 1090. The Morgan fingerprint density at radius 1 is 0.815 bits per heavy atom. The highest BCUT2D eigenvalue weighted by atomic mass is 32.1. The monoisotopic (exact) mass is 394 g/mol. The topological polar surface area (TPSA) is 25.8 Å². The maximum atomic E-state index is 13.2. The molecular formula is C22H19FN2S2. The van der Waals surface area contributed by atoms with E-state index in [1.54, 1.807) is 22.7 Å². The molecular weight excluding hydrogens is 375 g/mol. The molecule has 0 fully saturated rings. The Kier molecular flexibility index (Phi) is 4.89. The second kappa shape index (κ2) is 7.33. The molecule has 0 aliphatic carbocycles. The van der Waals surface area contributed by atoms with Gasteiger partial charge >= 0.3 is 0 Å². The van der Waals surface area contributed by atoms with E-state index in [0.29, 0.717) is 0 Å². The molecule has 0 radical (unpaired) electrons. The Balaban J connectivity index is 1.62. The van der Waals surface area contributed by atoms with Gasteiger partial charge in [0.2, 0.25) is 0 Å². The maximum Gasteiger partial charge on any atom is 0.123 e. The molecule has 0 N–H and O–H groups in total. The normalized spacial score (nSPS) is 11.1. The van der Waals surface area contributed by atoms with Gasteiger partial charge in [-0.3, -0.25) is 0 Å². The van der Waals surface area contributed by atoms with Crippen molar-refractivity contribution in [2.45, 2.75) is 27.2 Å². The Morgan fingerprint density at radius 3 is 2.22 bits per heavy atom. The van der Waals surface area contributed by atoms with Crippen molar-refractivity contribution < 1.29 is 4.39 Å². The van der Waals surface area contributed by atoms with E-state index in [1.165, 1.54) is 28.1 Å². The number of thiazole rings is 2. The lowest BCUT2D eigenvalue weighted by Crippen LogP contribution is -1.88. The van der Waals surface area contributed by atoms with Gasteiger partial charge in [-0.25, -0.2) is 14.4 Å². The molecule has 4 aromatic rings. The van der Waals surface area contributed by atoms with Crippen molar-refractivity contribution in [1.29, 1.82) is 0 Å². The lowest BCUT2D eigenvalue weighted by Gasteiger charge is -2.03. The molecule has 0 saturated carbocycles. The number of hydrogen-bond donors (Lipinski definition) is 0. The third-order valence-corrected chi connectivity index (χ3v) is 6.72. The fraction of sp³-hybridized carbons (Fsp3) is 0.182. The highest BCUT2D eigenvalue weighted by Crippen LogP contribution is 2.33. The van der Waals surface area contributed by atoms with E-state index in [2.05, 4.69) is 36.2 Å². The minimum Gasteiger partial charge on any atom is -0.246 e. The summed E-state index contributed by atoms with van der Waals surface area (Å²) in [6.07, 6.45) is 0.789. The molecule has 0 aliphatic rings. The number of nitrogens with zero attached hydrogens (tertiary/aromatic N) is 2. The zero-order chi connectivity index (χ0) is 19.0. The summed E-state index contributed by atoms with van der Waals surface area (Å²) in [5.41, 5.74) is 5.53. The Hall–Kier alpha value is -2.37. The van der Waals surface area contributed by atoms with E-state index in [1.807, 2.05) is 26.0 Å². The second-order valence-electron chi connectivity index (χ2n) is 6.55. The maximum absolute atomic E-state index is 13.2. The van der Waals surface area contributed by atoms with E-state index in [4.69, 9.17) is 4.98 Å². The summed E-state index contributed by atoms with van der Waals surface area (Å²) >= 11 is 3.41. The van der Waals surface area contributed by atoms with Gasteiger partial charge in [0.15, 0.2) is 0 Å². The van der Waals surface area contributed by atoms with Crippen LogP contribution >= 0.6 is 22.7 Å². The zero-order valence-corrected chi connectivity index (χ0v) is 17.0. The van der Waals surface area contributed by atoms with E-state index >= 15 is 0 Å². The minimum absolute atomic E-state index is 0.216. The minimum atomic E-state index is -0.216. The number of hydrogen-bond acceptors (Lipinski definition) is 4. The van der Waals surface area contributed by atoms with Gasteiger partial charge in [-0.15, -0.1) is 22.7 Å². The number of aryl methyl sites for hydroxylation is 3. The first kappa shape index (κ1) is 18.0. The average Bonchev–Trinajstić information content (AvgIpc) is 3.17. The molecule has 5 heteroatoms. The lowest BCUT2D eigenvalue weighted by molar-refractivity contribution is 0.628. The summed E-state index contributed by atoms with van der Waals surface area (Å²) in [7, 11) is 0. The molecule has 0 amide bonds. The van der Waals surface area contributed by atoms with Gasteiger partial charge < -0.3 is 0 Å². The summed E-state index contributed by atoms with van der Waals surface area (Å²) in [6, 6.07) is 15.2. The predicted molar refractivity (Wildman–Crippen MR) is 112 cm³/mol. The van der Waals surface area contributed by atoms with Crippen LogP contribution < -0.4 is 0 Å². The standard InChI is InChI=1S/C22H19FN2S2/c1-13-22(26-15(3)24-13)18-6-4-5-16(11-18)12-20-25-14(2)21(27-20)17-7-9-19(23)10-8-17/h4-11H,12H2,1-3H3. The van der Waals surface area contributed by atoms with Crippen molar-refractivity contribution in [3.63, 3.8) is 0 Å². The van der Waals surface area contributed by atoms with Crippen LogP contribution in [0.25, 0.3) is 20.9 Å². The van der Waals surface area contributed by atoms with Crippen molar-refractivity contribution in [1.82, 2.24) is 9.97 Å². The van der Waals surface area contributed by atoms with E-state index in [9.17, 15) is 4.39 Å². The molecule has 2 nitrogen and oxygen atoms in total. The highest BCUT2D eigenvalue weighted by Gasteiger charge is 2.12. The first-order valence-corrected chi connectivity index (χ1v) is 10.4. The van der Waals surface area contributed by atoms with E-state index < -0.39 is 0 Å². The van der Waals surface area contributed by atoms with E-state index in [0.717, 1.165) is 38.3 Å². The molecule has 0 saturated heterocycles. The van der Waals surface area contributed by atoms with Gasteiger partial charge in [-0.2, -0.15) is 0 Å². The van der Waals surface area contributed by atoms with Crippen LogP contribution in [0.3, 0.4) is 0 Å². The summed E-state index contributed by atoms with van der Waals surface area (Å²) < 4.78 is 13.2. The van der Waals surface area contributed by atoms with Crippen LogP contribution in [0.5, 0.6) is 0 Å². The van der Waals surface area contributed by atoms with Crippen LogP contribution in [0.2, 0.25) is 0 Å². The molecule has 136 valence electrons. The average molecular weight is 395 g/mol. The summed E-state index contributed by atoms with van der Waals surface area (Å²) in [6.45, 7) is 6.11. The molecule has 2 aromatic heterocycles. The van der Waals surface area contributed by atoms with Crippen molar-refractivity contribution >= 4 is 22.7 Å². The fourth-order valence-electron chi connectivity index (χ4n) is 3.19.